The van der Waals surface area contributed by atoms with Crippen LogP contribution in [0.1, 0.15) is 16.8 Å². The van der Waals surface area contributed by atoms with Crippen LogP contribution in [0.25, 0.3) is 10.2 Å². The first-order valence-electron chi connectivity index (χ1n) is 8.34. The van der Waals surface area contributed by atoms with E-state index in [0.717, 1.165) is 23.4 Å². The lowest BCUT2D eigenvalue weighted by Gasteiger charge is -2.21. The predicted octanol–water partition coefficient (Wildman–Crippen LogP) is 5.25. The van der Waals surface area contributed by atoms with Gasteiger partial charge in [-0.15, -0.1) is 12.4 Å². The molecule has 0 saturated carbocycles. The molecule has 0 aliphatic carbocycles. The highest BCUT2D eigenvalue weighted by Crippen LogP contribution is 2.33. The van der Waals surface area contributed by atoms with Crippen molar-refractivity contribution in [1.29, 1.82) is 0 Å². The molecule has 1 aromatic heterocycles. The van der Waals surface area contributed by atoms with Gasteiger partial charge in [-0.25, -0.2) is 13.8 Å². The lowest BCUT2D eigenvalue weighted by Crippen LogP contribution is -2.34. The fraction of sp³-hybridized carbons (Fsp3) is 0.263. The molecule has 2 aromatic carbocycles. The molecule has 0 spiro atoms. The van der Waals surface area contributed by atoms with Gasteiger partial charge >= 0.3 is 0 Å². The molecule has 0 unspecified atom stereocenters. The molecule has 28 heavy (non-hydrogen) atoms. The zero-order valence-electron chi connectivity index (χ0n) is 15.3. The summed E-state index contributed by atoms with van der Waals surface area (Å²) < 4.78 is 29.1. The Morgan fingerprint density at radius 3 is 2.36 bits per heavy atom. The second-order valence-corrected chi connectivity index (χ2v) is 7.71. The number of thiazole rings is 1. The van der Waals surface area contributed by atoms with E-state index in [1.165, 1.54) is 22.3 Å². The van der Waals surface area contributed by atoms with Crippen LogP contribution < -0.4 is 4.90 Å². The van der Waals surface area contributed by atoms with Gasteiger partial charge in [0.15, 0.2) is 5.13 Å². The van der Waals surface area contributed by atoms with Gasteiger partial charge < -0.3 is 4.90 Å². The summed E-state index contributed by atoms with van der Waals surface area (Å²) in [5, 5.41) is 0.831. The van der Waals surface area contributed by atoms with E-state index in [0.29, 0.717) is 22.1 Å². The Morgan fingerprint density at radius 2 is 1.75 bits per heavy atom. The smallest absolute Gasteiger partial charge is 0.266 e. The van der Waals surface area contributed by atoms with Gasteiger partial charge in [-0.05, 0) is 51.3 Å². The quantitative estimate of drug-likeness (QED) is 0.519. The summed E-state index contributed by atoms with van der Waals surface area (Å²) in [5.74, 6) is -2.53. The van der Waals surface area contributed by atoms with Crippen molar-refractivity contribution in [2.75, 3.05) is 32.1 Å². The first kappa shape index (κ1) is 22.5. The molecule has 9 heteroatoms. The van der Waals surface area contributed by atoms with Gasteiger partial charge in [-0.2, -0.15) is 0 Å². The summed E-state index contributed by atoms with van der Waals surface area (Å²) in [5.41, 5.74) is -0.00807. The largest absolute Gasteiger partial charge is 0.309 e. The maximum Gasteiger partial charge on any atom is 0.266 e. The fourth-order valence-electron chi connectivity index (χ4n) is 2.68. The molecule has 1 amide bonds. The van der Waals surface area contributed by atoms with E-state index >= 15 is 0 Å². The van der Waals surface area contributed by atoms with E-state index in [2.05, 4.69) is 4.98 Å². The molecule has 0 radical (unpaired) electrons. The van der Waals surface area contributed by atoms with Crippen molar-refractivity contribution in [3.05, 3.63) is 58.6 Å². The third kappa shape index (κ3) is 4.78. The monoisotopic (exact) mass is 445 g/mol. The van der Waals surface area contributed by atoms with Crippen molar-refractivity contribution in [3.8, 4) is 0 Å². The van der Waals surface area contributed by atoms with Gasteiger partial charge in [0.25, 0.3) is 5.91 Å². The minimum atomic E-state index is -0.892. The predicted molar refractivity (Wildman–Crippen MR) is 113 cm³/mol. The van der Waals surface area contributed by atoms with Crippen LogP contribution in [0.3, 0.4) is 0 Å². The molecule has 4 nitrogen and oxygen atoms in total. The number of benzene rings is 2. The zero-order valence-corrected chi connectivity index (χ0v) is 17.7. The van der Waals surface area contributed by atoms with E-state index < -0.39 is 23.1 Å². The van der Waals surface area contributed by atoms with E-state index in [-0.39, 0.29) is 19.0 Å². The second-order valence-electron chi connectivity index (χ2n) is 6.29. The molecule has 0 aliphatic heterocycles. The highest BCUT2D eigenvalue weighted by Gasteiger charge is 2.26. The second kappa shape index (κ2) is 9.60. The molecule has 0 N–H and O–H groups in total. The average molecular weight is 446 g/mol. The standard InChI is InChI=1S/C19H18ClF2N3OS.ClH/c1-24(2)10-5-11-25(18(26)16-13(21)7-4-8-14(16)22)19-23-17-12(20)6-3-9-15(17)27-19;/h3-4,6-9H,5,10-11H2,1-2H3;1H. The minimum absolute atomic E-state index is 0. The number of anilines is 1. The summed E-state index contributed by atoms with van der Waals surface area (Å²) >= 11 is 7.45. The molecule has 150 valence electrons. The molecule has 0 aliphatic rings. The summed E-state index contributed by atoms with van der Waals surface area (Å²) in [6.45, 7) is 0.997. The molecule has 0 bridgehead atoms. The van der Waals surface area contributed by atoms with Crippen molar-refractivity contribution >= 4 is 56.6 Å². The Balaban J connectivity index is 0.00000280. The van der Waals surface area contributed by atoms with Crippen LogP contribution >= 0.6 is 35.3 Å². The summed E-state index contributed by atoms with van der Waals surface area (Å²) in [6.07, 6.45) is 0.623. The number of carbonyl (C=O) groups is 1. The van der Waals surface area contributed by atoms with Crippen LogP contribution in [-0.2, 0) is 0 Å². The Labute approximate surface area is 177 Å². The Bertz CT molecular complexity index is 961. The maximum atomic E-state index is 14.2. The number of para-hydroxylation sites is 1. The van der Waals surface area contributed by atoms with Gasteiger partial charge in [0.2, 0.25) is 0 Å². The van der Waals surface area contributed by atoms with E-state index in [1.807, 2.05) is 25.1 Å². The van der Waals surface area contributed by atoms with E-state index in [1.54, 1.807) is 12.1 Å². The molecule has 0 fully saturated rings. The van der Waals surface area contributed by atoms with Crippen LogP contribution in [0.5, 0.6) is 0 Å². The number of nitrogens with zero attached hydrogens (tertiary/aromatic N) is 3. The number of fused-ring (bicyclic) bond motifs is 1. The first-order valence-corrected chi connectivity index (χ1v) is 9.53. The van der Waals surface area contributed by atoms with Crippen molar-refractivity contribution in [3.63, 3.8) is 0 Å². The highest BCUT2D eigenvalue weighted by molar-refractivity contribution is 7.22. The number of hydrogen-bond acceptors (Lipinski definition) is 4. The van der Waals surface area contributed by atoms with Crippen molar-refractivity contribution in [2.45, 2.75) is 6.42 Å². The fourth-order valence-corrected chi connectivity index (χ4v) is 3.97. The van der Waals surface area contributed by atoms with Gasteiger partial charge in [-0.1, -0.05) is 35.1 Å². The molecular weight excluding hydrogens is 427 g/mol. The Kier molecular flexibility index (Phi) is 7.71. The summed E-state index contributed by atoms with van der Waals surface area (Å²) in [4.78, 5) is 20.7. The maximum absolute atomic E-state index is 14.2. The van der Waals surface area contributed by atoms with Crippen molar-refractivity contribution in [1.82, 2.24) is 9.88 Å². The minimum Gasteiger partial charge on any atom is -0.309 e. The van der Waals surface area contributed by atoms with Crippen molar-refractivity contribution in [2.24, 2.45) is 0 Å². The van der Waals surface area contributed by atoms with E-state index in [4.69, 9.17) is 11.6 Å². The van der Waals surface area contributed by atoms with Crippen LogP contribution in [0.15, 0.2) is 36.4 Å². The normalized spacial score (nSPS) is 10.9. The number of rotatable bonds is 6. The number of halogens is 4. The zero-order chi connectivity index (χ0) is 19.6. The Morgan fingerprint density at radius 1 is 1.11 bits per heavy atom. The van der Waals surface area contributed by atoms with Gasteiger partial charge in [-0.3, -0.25) is 9.69 Å². The first-order chi connectivity index (χ1) is 12.9. The molecule has 3 rings (SSSR count). The lowest BCUT2D eigenvalue weighted by atomic mass is 10.1. The number of amides is 1. The lowest BCUT2D eigenvalue weighted by molar-refractivity contribution is 0.0978. The third-order valence-electron chi connectivity index (χ3n) is 4.00. The topological polar surface area (TPSA) is 36.4 Å². The van der Waals surface area contributed by atoms with Crippen LogP contribution in [0.2, 0.25) is 5.02 Å². The third-order valence-corrected chi connectivity index (χ3v) is 5.35. The highest BCUT2D eigenvalue weighted by atomic mass is 35.5. The summed E-state index contributed by atoms with van der Waals surface area (Å²) in [6, 6.07) is 8.72. The molecule has 1 heterocycles. The average Bonchev–Trinajstić information content (AvgIpc) is 3.03. The van der Waals surface area contributed by atoms with Gasteiger partial charge in [0, 0.05) is 6.54 Å². The van der Waals surface area contributed by atoms with Crippen LogP contribution in [0.4, 0.5) is 13.9 Å². The molecular formula is C19H19Cl2F2N3OS. The van der Waals surface area contributed by atoms with Crippen molar-refractivity contribution < 1.29 is 13.6 Å². The summed E-state index contributed by atoms with van der Waals surface area (Å²) in [7, 11) is 3.83. The molecule has 0 atom stereocenters. The Hall–Kier alpha value is -1.80. The van der Waals surface area contributed by atoms with Crippen LogP contribution in [-0.4, -0.2) is 43.0 Å². The van der Waals surface area contributed by atoms with Crippen LogP contribution in [0, 0.1) is 11.6 Å². The SMILES string of the molecule is CN(C)CCCN(C(=O)c1c(F)cccc1F)c1nc2c(Cl)cccc2s1.Cl. The van der Waals surface area contributed by atoms with Gasteiger partial charge in [0.1, 0.15) is 22.7 Å². The number of aromatic nitrogens is 1. The van der Waals surface area contributed by atoms with Gasteiger partial charge in [0.05, 0.1) is 9.72 Å². The number of hydrogen-bond donors (Lipinski definition) is 0. The molecule has 3 aromatic rings. The molecule has 0 saturated heterocycles. The van der Waals surface area contributed by atoms with E-state index in [9.17, 15) is 13.6 Å². The number of carbonyl (C=O) groups excluding carboxylic acids is 1.